The zero-order valence-electron chi connectivity index (χ0n) is 13.7. The summed E-state index contributed by atoms with van der Waals surface area (Å²) in [6.07, 6.45) is 5.91. The van der Waals surface area contributed by atoms with E-state index in [0.29, 0.717) is 18.4 Å². The van der Waals surface area contributed by atoms with E-state index in [0.717, 1.165) is 43.8 Å². The first-order chi connectivity index (χ1) is 10.6. The number of benzene rings is 1. The van der Waals surface area contributed by atoms with Gasteiger partial charge in [0.25, 0.3) is 0 Å². The second kappa shape index (κ2) is 8.54. The summed E-state index contributed by atoms with van der Waals surface area (Å²) in [5.74, 6) is 0.313. The number of likely N-dealkylation sites (tertiary alicyclic amines) is 1. The molecule has 2 rings (SSSR count). The zero-order valence-corrected chi connectivity index (χ0v) is 14.5. The van der Waals surface area contributed by atoms with Crippen LogP contribution in [0.2, 0.25) is 5.02 Å². The minimum Gasteiger partial charge on any atom is -0.343 e. The van der Waals surface area contributed by atoms with E-state index in [9.17, 15) is 4.79 Å². The first-order valence-corrected chi connectivity index (χ1v) is 8.62. The van der Waals surface area contributed by atoms with Crippen molar-refractivity contribution in [2.75, 3.05) is 27.2 Å². The predicted molar refractivity (Wildman–Crippen MR) is 92.3 cm³/mol. The Balaban J connectivity index is 1.74. The van der Waals surface area contributed by atoms with E-state index in [1.165, 1.54) is 12.0 Å². The van der Waals surface area contributed by atoms with E-state index in [-0.39, 0.29) is 0 Å². The minimum absolute atomic E-state index is 0.313. The Kier molecular flexibility index (Phi) is 6.71. The van der Waals surface area contributed by atoms with Crippen LogP contribution in [0.25, 0.3) is 0 Å². The van der Waals surface area contributed by atoms with Crippen molar-refractivity contribution < 1.29 is 4.79 Å². The van der Waals surface area contributed by atoms with Gasteiger partial charge in [-0.1, -0.05) is 23.7 Å². The average molecular weight is 323 g/mol. The molecule has 0 saturated carbocycles. The van der Waals surface area contributed by atoms with Crippen LogP contribution in [-0.4, -0.2) is 48.9 Å². The van der Waals surface area contributed by atoms with Crippen LogP contribution in [0, 0.1) is 0 Å². The lowest BCUT2D eigenvalue weighted by atomic mass is 10.1. The van der Waals surface area contributed by atoms with E-state index < -0.39 is 0 Å². The van der Waals surface area contributed by atoms with Crippen LogP contribution in [0.15, 0.2) is 24.3 Å². The topological polar surface area (TPSA) is 23.6 Å². The molecule has 0 bridgehead atoms. The van der Waals surface area contributed by atoms with Crippen LogP contribution in [0.5, 0.6) is 0 Å². The van der Waals surface area contributed by atoms with E-state index >= 15 is 0 Å². The molecule has 0 radical (unpaired) electrons. The van der Waals surface area contributed by atoms with Gasteiger partial charge in [0.15, 0.2) is 0 Å². The van der Waals surface area contributed by atoms with Crippen LogP contribution < -0.4 is 0 Å². The molecule has 1 fully saturated rings. The van der Waals surface area contributed by atoms with Crippen LogP contribution in [-0.2, 0) is 11.2 Å². The van der Waals surface area contributed by atoms with Crippen molar-refractivity contribution in [3.05, 3.63) is 34.9 Å². The summed E-state index contributed by atoms with van der Waals surface area (Å²) in [6, 6.07) is 8.52. The average Bonchev–Trinajstić information content (AvgIpc) is 2.75. The monoisotopic (exact) mass is 322 g/mol. The number of rotatable bonds is 5. The van der Waals surface area contributed by atoms with Gasteiger partial charge in [0.05, 0.1) is 0 Å². The number of halogens is 1. The number of hydrogen-bond donors (Lipinski definition) is 0. The fourth-order valence-electron chi connectivity index (χ4n) is 3.10. The van der Waals surface area contributed by atoms with Gasteiger partial charge in [-0.05, 0) is 63.9 Å². The second-order valence-corrected chi connectivity index (χ2v) is 6.85. The zero-order chi connectivity index (χ0) is 15.9. The predicted octanol–water partition coefficient (Wildman–Crippen LogP) is 3.61. The summed E-state index contributed by atoms with van der Waals surface area (Å²) >= 11 is 5.88. The number of nitrogens with zero attached hydrogens (tertiary/aromatic N) is 2. The molecule has 0 aromatic heterocycles. The molecular formula is C18H27ClN2O. The number of carbonyl (C=O) groups excluding carboxylic acids is 1. The lowest BCUT2D eigenvalue weighted by Crippen LogP contribution is -2.33. The molecule has 1 aromatic carbocycles. The van der Waals surface area contributed by atoms with Crippen molar-refractivity contribution in [1.82, 2.24) is 9.80 Å². The fourth-order valence-corrected chi connectivity index (χ4v) is 3.22. The van der Waals surface area contributed by atoms with Gasteiger partial charge in [-0.25, -0.2) is 0 Å². The maximum atomic E-state index is 12.4. The summed E-state index contributed by atoms with van der Waals surface area (Å²) in [7, 11) is 4.27. The van der Waals surface area contributed by atoms with Crippen molar-refractivity contribution >= 4 is 17.5 Å². The highest BCUT2D eigenvalue weighted by molar-refractivity contribution is 6.30. The number of amides is 1. The number of hydrogen-bond acceptors (Lipinski definition) is 2. The molecule has 1 atom stereocenters. The number of aryl methyl sites for hydroxylation is 1. The molecule has 0 unspecified atom stereocenters. The quantitative estimate of drug-likeness (QED) is 0.827. The van der Waals surface area contributed by atoms with Gasteiger partial charge in [0, 0.05) is 30.6 Å². The summed E-state index contributed by atoms with van der Waals surface area (Å²) in [4.78, 5) is 16.7. The molecule has 1 aromatic rings. The summed E-state index contributed by atoms with van der Waals surface area (Å²) in [5, 5.41) is 0.764. The van der Waals surface area contributed by atoms with Gasteiger partial charge in [0.2, 0.25) is 5.91 Å². The molecule has 1 saturated heterocycles. The molecule has 0 N–H and O–H groups in total. The van der Waals surface area contributed by atoms with Crippen LogP contribution in [0.3, 0.4) is 0 Å². The second-order valence-electron chi connectivity index (χ2n) is 6.41. The molecule has 1 amide bonds. The maximum absolute atomic E-state index is 12.4. The number of carbonyl (C=O) groups is 1. The molecular weight excluding hydrogens is 296 g/mol. The third-order valence-electron chi connectivity index (χ3n) is 4.55. The lowest BCUT2D eigenvalue weighted by Gasteiger charge is -2.23. The molecule has 1 heterocycles. The van der Waals surface area contributed by atoms with Crippen molar-refractivity contribution in [3.63, 3.8) is 0 Å². The van der Waals surface area contributed by atoms with E-state index in [2.05, 4.69) is 23.9 Å². The Labute approximate surface area is 139 Å². The minimum atomic E-state index is 0.313. The van der Waals surface area contributed by atoms with Crippen LogP contribution in [0.4, 0.5) is 0 Å². The summed E-state index contributed by atoms with van der Waals surface area (Å²) in [5.41, 5.74) is 1.25. The first-order valence-electron chi connectivity index (χ1n) is 8.25. The third kappa shape index (κ3) is 5.29. The molecule has 0 spiro atoms. The maximum Gasteiger partial charge on any atom is 0.222 e. The highest BCUT2D eigenvalue weighted by Gasteiger charge is 2.21. The molecule has 4 heteroatoms. The van der Waals surface area contributed by atoms with Crippen LogP contribution >= 0.6 is 11.6 Å². The summed E-state index contributed by atoms with van der Waals surface area (Å²) < 4.78 is 0. The highest BCUT2D eigenvalue weighted by Crippen LogP contribution is 2.16. The largest absolute Gasteiger partial charge is 0.343 e. The Morgan fingerprint density at radius 1 is 1.23 bits per heavy atom. The van der Waals surface area contributed by atoms with Gasteiger partial charge in [0.1, 0.15) is 0 Å². The Hall–Kier alpha value is -1.06. The van der Waals surface area contributed by atoms with Gasteiger partial charge >= 0.3 is 0 Å². The molecule has 3 nitrogen and oxygen atoms in total. The highest BCUT2D eigenvalue weighted by atomic mass is 35.5. The van der Waals surface area contributed by atoms with Gasteiger partial charge < -0.3 is 9.80 Å². The van der Waals surface area contributed by atoms with Crippen molar-refractivity contribution in [1.29, 1.82) is 0 Å². The Morgan fingerprint density at radius 3 is 2.64 bits per heavy atom. The van der Waals surface area contributed by atoms with Crippen molar-refractivity contribution in [2.24, 2.45) is 0 Å². The Bertz CT molecular complexity index is 472. The van der Waals surface area contributed by atoms with E-state index in [1.807, 2.05) is 24.3 Å². The van der Waals surface area contributed by atoms with Gasteiger partial charge in [-0.3, -0.25) is 4.79 Å². The molecule has 122 valence electrons. The molecule has 1 aliphatic heterocycles. The van der Waals surface area contributed by atoms with Crippen molar-refractivity contribution in [2.45, 2.75) is 44.6 Å². The van der Waals surface area contributed by atoms with Crippen molar-refractivity contribution in [3.8, 4) is 0 Å². The molecule has 22 heavy (non-hydrogen) atoms. The van der Waals surface area contributed by atoms with E-state index in [1.54, 1.807) is 0 Å². The smallest absolute Gasteiger partial charge is 0.222 e. The normalized spacial score (nSPS) is 19.3. The summed E-state index contributed by atoms with van der Waals surface area (Å²) in [6.45, 7) is 1.83. The fraction of sp³-hybridized carbons (Fsp3) is 0.611. The third-order valence-corrected chi connectivity index (χ3v) is 4.80. The molecule has 1 aliphatic rings. The Morgan fingerprint density at radius 2 is 1.95 bits per heavy atom. The first kappa shape index (κ1) is 17.3. The van der Waals surface area contributed by atoms with Gasteiger partial charge in [-0.15, -0.1) is 0 Å². The van der Waals surface area contributed by atoms with Crippen LogP contribution in [0.1, 0.15) is 37.7 Å². The van der Waals surface area contributed by atoms with Gasteiger partial charge in [-0.2, -0.15) is 0 Å². The lowest BCUT2D eigenvalue weighted by molar-refractivity contribution is -0.131. The van der Waals surface area contributed by atoms with E-state index in [4.69, 9.17) is 11.6 Å². The SMILES string of the molecule is CN(C)[C@H]1CCCN(C(=O)CCCc2ccc(Cl)cc2)CC1. The molecule has 0 aliphatic carbocycles. The standard InChI is InChI=1S/C18H27ClN2O/c1-20(2)17-6-4-13-21(14-12-17)18(22)7-3-5-15-8-10-16(19)11-9-15/h8-11,17H,3-7,12-14H2,1-2H3/t17-/m0/s1.